The van der Waals surface area contributed by atoms with E-state index in [2.05, 4.69) is 191 Å². The van der Waals surface area contributed by atoms with Crippen LogP contribution in [0.3, 0.4) is 0 Å². The van der Waals surface area contributed by atoms with Crippen LogP contribution in [0.1, 0.15) is 355 Å². The lowest BCUT2D eigenvalue weighted by Crippen LogP contribution is -2.30. The molecule has 5 atom stereocenters. The maximum absolute atomic E-state index is 13.0. The van der Waals surface area contributed by atoms with Gasteiger partial charge in [0.2, 0.25) is 0 Å². The van der Waals surface area contributed by atoms with Gasteiger partial charge < -0.3 is 34.2 Å². The van der Waals surface area contributed by atoms with Crippen LogP contribution in [0.4, 0.5) is 0 Å². The number of ether oxygens (including phenoxy) is 3. The Hall–Kier alpha value is -5.09. The third-order valence-electron chi connectivity index (χ3n) is 18.4. The Bertz CT molecular complexity index is 2730. The van der Waals surface area contributed by atoms with Gasteiger partial charge in [-0.05, 0) is 148 Å². The van der Waals surface area contributed by atoms with Gasteiger partial charge >= 0.3 is 33.6 Å². The molecule has 646 valence electrons. The number of hydrogen-bond donors (Lipinski definition) is 4. The van der Waals surface area contributed by atoms with Crippen molar-refractivity contribution >= 4 is 33.6 Å². The molecule has 0 heterocycles. The van der Waals surface area contributed by atoms with E-state index < -0.39 is 91.5 Å². The summed E-state index contributed by atoms with van der Waals surface area (Å²) in [7, 11) is -9.81. The van der Waals surface area contributed by atoms with E-state index >= 15 is 0 Å². The summed E-state index contributed by atoms with van der Waals surface area (Å²) in [6.45, 7) is 2.39. The highest BCUT2D eigenvalue weighted by atomic mass is 31.2. The van der Waals surface area contributed by atoms with Crippen molar-refractivity contribution in [1.29, 1.82) is 0 Å². The molecule has 0 aromatic heterocycles. The second-order valence-electron chi connectivity index (χ2n) is 29.3. The van der Waals surface area contributed by atoms with Crippen LogP contribution in [0.15, 0.2) is 170 Å². The number of rotatable bonds is 83. The molecule has 0 rings (SSSR count). The van der Waals surface area contributed by atoms with Crippen molar-refractivity contribution in [3.63, 3.8) is 0 Å². The van der Waals surface area contributed by atoms with Crippen LogP contribution < -0.4 is 0 Å². The van der Waals surface area contributed by atoms with E-state index in [0.29, 0.717) is 19.3 Å². The van der Waals surface area contributed by atoms with Crippen molar-refractivity contribution in [3.8, 4) is 0 Å². The molecule has 0 fully saturated rings. The summed E-state index contributed by atoms with van der Waals surface area (Å²) in [4.78, 5) is 58.8. The summed E-state index contributed by atoms with van der Waals surface area (Å²) in [5.74, 6) is -1.59. The predicted octanol–water partition coefficient (Wildman–Crippen LogP) is 27.1. The number of phosphoric ester groups is 2. The zero-order chi connectivity index (χ0) is 82.2. The number of phosphoric acid groups is 2. The third kappa shape index (κ3) is 87.6. The first-order valence-corrected chi connectivity index (χ1v) is 47.4. The van der Waals surface area contributed by atoms with E-state index in [0.717, 1.165) is 180 Å². The van der Waals surface area contributed by atoms with Crippen LogP contribution in [0.25, 0.3) is 0 Å². The third-order valence-corrected chi connectivity index (χ3v) is 20.3. The fourth-order valence-electron chi connectivity index (χ4n) is 11.7. The van der Waals surface area contributed by atoms with Gasteiger partial charge in [-0.25, -0.2) is 9.13 Å². The quantitative estimate of drug-likeness (QED) is 0.0146. The SMILES string of the molecule is CC/C=C\C/C=C\C/C=C\C/C=C\C/C=C\C/C=C\CCCCCCCCCCCCCCCCCCC(=O)OCC(O)COP(=O)(O)OCC(O)COP(=O)(O)OCC(COC(=O)CCCCCCCCCCCC/C=C\C/C=C\C/C=C\C/C=C\C/C=C\C/C=C\CC)OC(=O)CCCCCCC/C=C\C/C=C\CCC. The van der Waals surface area contributed by atoms with Crippen LogP contribution in [-0.2, 0) is 55.8 Å². The fourth-order valence-corrected chi connectivity index (χ4v) is 13.3. The molecular weight excluding hydrogens is 1460 g/mol. The summed E-state index contributed by atoms with van der Waals surface area (Å²) in [6.07, 6.45) is 111. The molecule has 0 bridgehead atoms. The number of aliphatic hydroxyl groups is 2. The van der Waals surface area contributed by atoms with Gasteiger partial charge in [-0.3, -0.25) is 32.5 Å². The molecule has 0 aliphatic carbocycles. The van der Waals surface area contributed by atoms with Gasteiger partial charge in [0.1, 0.15) is 25.4 Å². The summed E-state index contributed by atoms with van der Waals surface area (Å²) in [5.41, 5.74) is 0. The number of esters is 3. The Morgan fingerprint density at radius 2 is 0.469 bits per heavy atom. The molecule has 0 spiro atoms. The maximum Gasteiger partial charge on any atom is 0.472 e. The van der Waals surface area contributed by atoms with Crippen molar-refractivity contribution in [2.24, 2.45) is 0 Å². The first-order valence-electron chi connectivity index (χ1n) is 44.4. The number of hydrogen-bond acceptors (Lipinski definition) is 14. The summed E-state index contributed by atoms with van der Waals surface area (Å²) in [5, 5.41) is 20.7. The molecule has 0 saturated carbocycles. The van der Waals surface area contributed by atoms with E-state index in [9.17, 15) is 43.5 Å². The van der Waals surface area contributed by atoms with Crippen LogP contribution in [-0.4, -0.2) is 95.9 Å². The van der Waals surface area contributed by atoms with Gasteiger partial charge in [-0.15, -0.1) is 0 Å². The minimum atomic E-state index is -4.94. The standard InChI is InChI=1S/C95H160O16P2/c1-4-7-10-13-16-19-22-25-27-29-31-33-35-37-39-41-42-43-44-45-46-48-50-51-53-55-57-59-61-64-66-69-72-75-78-81-93(98)105-84-90(96)85-107-112(101,102)108-86-91(97)87-109-113(103,104)110-89-92(111-95(100)83-80-77-74-71-68-63-24-21-18-15-12-9-6-3)88-106-94(99)82-79-76-73-70-67-65-62-60-58-56-54-52-49-47-40-38-36-34-32-30-28-26-23-20-17-14-11-8-5-2/h7-8,10-12,15-17,19-21,24-28,31-34,37-40,42-43,49,52,90-92,96-97H,4-6,9,13-14,18,22-23,29-30,35-36,41,44-48,50-51,53-89H2,1-3H3,(H,101,102)(H,103,104)/b10-7-,11-8-,15-12-,19-16-,20-17-,24-21-,27-25-,28-26-,33-31-,34-32-,39-37-,40-38-,43-42-,52-49-. The highest BCUT2D eigenvalue weighted by Gasteiger charge is 2.29. The second-order valence-corrected chi connectivity index (χ2v) is 32.2. The minimum absolute atomic E-state index is 0.0840. The van der Waals surface area contributed by atoms with Crippen molar-refractivity contribution < 1.29 is 75.8 Å². The molecule has 4 N–H and O–H groups in total. The second kappa shape index (κ2) is 86.3. The van der Waals surface area contributed by atoms with Gasteiger partial charge in [0.15, 0.2) is 6.10 Å². The Morgan fingerprint density at radius 3 is 0.743 bits per heavy atom. The van der Waals surface area contributed by atoms with Gasteiger partial charge in [0.25, 0.3) is 0 Å². The van der Waals surface area contributed by atoms with E-state index in [1.54, 1.807) is 0 Å². The monoisotopic (exact) mass is 1620 g/mol. The molecule has 16 nitrogen and oxygen atoms in total. The van der Waals surface area contributed by atoms with Crippen molar-refractivity contribution in [1.82, 2.24) is 0 Å². The summed E-state index contributed by atoms with van der Waals surface area (Å²) >= 11 is 0. The smallest absolute Gasteiger partial charge is 0.463 e. The minimum Gasteiger partial charge on any atom is -0.463 e. The number of carbonyl (C=O) groups is 3. The predicted molar refractivity (Wildman–Crippen MR) is 472 cm³/mol. The van der Waals surface area contributed by atoms with Gasteiger partial charge in [-0.2, -0.15) is 0 Å². The molecule has 18 heteroatoms. The summed E-state index contributed by atoms with van der Waals surface area (Å²) in [6, 6.07) is 0. The number of aliphatic hydroxyl groups excluding tert-OH is 2. The van der Waals surface area contributed by atoms with Crippen LogP contribution in [0, 0.1) is 0 Å². The highest BCUT2D eigenvalue weighted by molar-refractivity contribution is 7.47. The largest absolute Gasteiger partial charge is 0.472 e. The lowest BCUT2D eigenvalue weighted by molar-refractivity contribution is -0.161. The molecule has 0 aromatic rings. The molecule has 0 saturated heterocycles. The van der Waals surface area contributed by atoms with E-state index in [4.69, 9.17) is 32.3 Å². The number of unbranched alkanes of at least 4 members (excludes halogenated alkanes) is 32. The average molecular weight is 1620 g/mol. The van der Waals surface area contributed by atoms with Gasteiger partial charge in [0, 0.05) is 19.3 Å². The summed E-state index contributed by atoms with van der Waals surface area (Å²) < 4.78 is 61.3. The Morgan fingerprint density at radius 1 is 0.257 bits per heavy atom. The lowest BCUT2D eigenvalue weighted by atomic mass is 10.0. The van der Waals surface area contributed by atoms with E-state index in [-0.39, 0.29) is 19.3 Å². The molecule has 0 aromatic carbocycles. The van der Waals surface area contributed by atoms with E-state index in [1.807, 2.05) is 0 Å². The molecule has 0 aliphatic rings. The Kier molecular flexibility index (Phi) is 82.4. The Balaban J connectivity index is 4.41. The topological polar surface area (TPSA) is 231 Å². The molecule has 113 heavy (non-hydrogen) atoms. The van der Waals surface area contributed by atoms with Gasteiger partial charge in [-0.1, -0.05) is 358 Å². The van der Waals surface area contributed by atoms with Crippen LogP contribution in [0.2, 0.25) is 0 Å². The fraction of sp³-hybridized carbons (Fsp3) is 0.674. The van der Waals surface area contributed by atoms with Crippen molar-refractivity contribution in [2.75, 3.05) is 39.6 Å². The number of allylic oxidation sites excluding steroid dienone is 28. The van der Waals surface area contributed by atoms with Crippen LogP contribution in [0.5, 0.6) is 0 Å². The number of carbonyl (C=O) groups excluding carboxylic acids is 3. The van der Waals surface area contributed by atoms with Crippen molar-refractivity contribution in [2.45, 2.75) is 373 Å². The zero-order valence-electron chi connectivity index (χ0n) is 71.0. The first kappa shape index (κ1) is 108. The maximum atomic E-state index is 13.0. The molecular formula is C95H160O16P2. The highest BCUT2D eigenvalue weighted by Crippen LogP contribution is 2.45. The molecule has 0 amide bonds. The Labute approximate surface area is 688 Å². The average Bonchev–Trinajstić information content (AvgIpc) is 0.903. The van der Waals surface area contributed by atoms with Crippen molar-refractivity contribution in [3.05, 3.63) is 170 Å². The van der Waals surface area contributed by atoms with E-state index in [1.165, 1.54) is 116 Å². The molecule has 0 aliphatic heterocycles. The first-order chi connectivity index (χ1) is 55.2. The molecule has 5 unspecified atom stereocenters. The van der Waals surface area contributed by atoms with Crippen LogP contribution >= 0.6 is 15.6 Å². The normalized spacial score (nSPS) is 14.6. The zero-order valence-corrected chi connectivity index (χ0v) is 72.8. The van der Waals surface area contributed by atoms with Gasteiger partial charge in [0.05, 0.1) is 26.4 Å². The molecule has 0 radical (unpaired) electrons. The lowest BCUT2D eigenvalue weighted by Gasteiger charge is -2.21.